The van der Waals surface area contributed by atoms with E-state index in [1.165, 1.54) is 0 Å². The predicted molar refractivity (Wildman–Crippen MR) is 62.6 cm³/mol. The lowest BCUT2D eigenvalue weighted by Gasteiger charge is -2.26. The minimum Gasteiger partial charge on any atom is -0.481 e. The van der Waals surface area contributed by atoms with Crippen LogP contribution in [-0.4, -0.2) is 58.8 Å². The third kappa shape index (κ3) is 8.94. The Balaban J connectivity index is 0. The summed E-state index contributed by atoms with van der Waals surface area (Å²) in [6.45, 7) is 3.00. The first kappa shape index (κ1) is 19.6. The van der Waals surface area contributed by atoms with E-state index in [0.29, 0.717) is 0 Å². The van der Waals surface area contributed by atoms with Crippen molar-refractivity contribution in [3.63, 3.8) is 0 Å². The number of carboxylic acids is 3. The van der Waals surface area contributed by atoms with Crippen molar-refractivity contribution in [3.8, 4) is 0 Å². The molecule has 0 aromatic heterocycles. The molecule has 0 aliphatic rings. The van der Waals surface area contributed by atoms with E-state index in [0.717, 1.165) is 0 Å². The predicted octanol–water partition coefficient (Wildman–Crippen LogP) is -0.655. The van der Waals surface area contributed by atoms with E-state index in [4.69, 9.17) is 24.8 Å². The van der Waals surface area contributed by atoms with Gasteiger partial charge in [-0.25, -0.2) is 4.79 Å². The normalized spacial score (nSPS) is 10.3. The van der Waals surface area contributed by atoms with Gasteiger partial charge in [-0.2, -0.15) is 0 Å². The highest BCUT2D eigenvalue weighted by Crippen LogP contribution is 2.18. The second-order valence-corrected chi connectivity index (χ2v) is 3.09. The maximum atomic E-state index is 10.8. The van der Waals surface area contributed by atoms with Crippen LogP contribution in [0.15, 0.2) is 0 Å². The Morgan fingerprint density at radius 3 is 1.53 bits per heavy atom. The average molecular weight is 281 g/mol. The van der Waals surface area contributed by atoms with Gasteiger partial charge < -0.3 is 30.5 Å². The SMILES string of the molecule is CCOC(CC(=O)O)(OCC)C(=O)O.NCC(=O)O. The molecule has 19 heavy (non-hydrogen) atoms. The van der Waals surface area contributed by atoms with Crippen molar-refractivity contribution < 1.29 is 39.2 Å². The van der Waals surface area contributed by atoms with E-state index < -0.39 is 30.1 Å². The van der Waals surface area contributed by atoms with Crippen LogP contribution in [0, 0.1) is 0 Å². The molecule has 0 radical (unpaired) electrons. The minimum atomic E-state index is -2.06. The molecular weight excluding hydrogens is 262 g/mol. The molecule has 0 fully saturated rings. The van der Waals surface area contributed by atoms with Gasteiger partial charge in [0.05, 0.1) is 6.54 Å². The van der Waals surface area contributed by atoms with E-state index in [9.17, 15) is 14.4 Å². The maximum Gasteiger partial charge on any atom is 0.365 e. The molecule has 0 atom stereocenters. The topological polar surface area (TPSA) is 156 Å². The summed E-state index contributed by atoms with van der Waals surface area (Å²) in [6.07, 6.45) is -0.718. The first-order valence-electron chi connectivity index (χ1n) is 5.40. The Kier molecular flexibility index (Phi) is 10.6. The van der Waals surface area contributed by atoms with Crippen molar-refractivity contribution in [2.75, 3.05) is 19.8 Å². The van der Waals surface area contributed by atoms with Gasteiger partial charge in [-0.15, -0.1) is 0 Å². The number of ether oxygens (including phenoxy) is 2. The van der Waals surface area contributed by atoms with Gasteiger partial charge in [-0.1, -0.05) is 0 Å². The second-order valence-electron chi connectivity index (χ2n) is 3.09. The molecule has 0 spiro atoms. The standard InChI is InChI=1S/C8H14O6.C2H5NO2/c1-3-13-8(7(11)12,14-4-2)5-6(9)10;3-1-2(4)5/h3-5H2,1-2H3,(H,9,10)(H,11,12);1,3H2,(H,4,5). The smallest absolute Gasteiger partial charge is 0.365 e. The van der Waals surface area contributed by atoms with Crippen LogP contribution in [0.3, 0.4) is 0 Å². The van der Waals surface area contributed by atoms with Gasteiger partial charge in [0.25, 0.3) is 5.79 Å². The molecular formula is C10H19NO8. The summed E-state index contributed by atoms with van der Waals surface area (Å²) >= 11 is 0. The average Bonchev–Trinajstić information content (AvgIpc) is 2.29. The molecule has 0 unspecified atom stereocenters. The van der Waals surface area contributed by atoms with Crippen molar-refractivity contribution in [3.05, 3.63) is 0 Å². The van der Waals surface area contributed by atoms with Crippen LogP contribution in [0.25, 0.3) is 0 Å². The van der Waals surface area contributed by atoms with E-state index in [1.807, 2.05) is 0 Å². The Hall–Kier alpha value is -1.71. The summed E-state index contributed by atoms with van der Waals surface area (Å²) in [5.41, 5.74) is 4.57. The monoisotopic (exact) mass is 281 g/mol. The van der Waals surface area contributed by atoms with Gasteiger partial charge in [0.2, 0.25) is 0 Å². The zero-order valence-corrected chi connectivity index (χ0v) is 10.8. The van der Waals surface area contributed by atoms with Crippen LogP contribution in [0.2, 0.25) is 0 Å². The van der Waals surface area contributed by atoms with Crippen LogP contribution in [0.1, 0.15) is 20.3 Å². The lowest BCUT2D eigenvalue weighted by molar-refractivity contribution is -0.245. The fraction of sp³-hybridized carbons (Fsp3) is 0.700. The van der Waals surface area contributed by atoms with Crippen LogP contribution in [0.4, 0.5) is 0 Å². The van der Waals surface area contributed by atoms with Gasteiger partial charge >= 0.3 is 17.9 Å². The highest BCUT2D eigenvalue weighted by Gasteiger charge is 2.43. The third-order valence-electron chi connectivity index (χ3n) is 1.64. The molecule has 0 saturated carbocycles. The van der Waals surface area contributed by atoms with Gasteiger partial charge in [-0.3, -0.25) is 9.59 Å². The molecule has 0 amide bonds. The van der Waals surface area contributed by atoms with Gasteiger partial charge in [-0.05, 0) is 13.8 Å². The number of carboxylic acid groups (broad SMARTS) is 3. The van der Waals surface area contributed by atoms with E-state index in [-0.39, 0.29) is 19.8 Å². The first-order valence-corrected chi connectivity index (χ1v) is 5.40. The number of aliphatic carboxylic acids is 3. The molecule has 0 rings (SSSR count). The minimum absolute atomic E-state index is 0.0690. The Labute approximate surface area is 109 Å². The molecule has 9 heteroatoms. The largest absolute Gasteiger partial charge is 0.481 e. The fourth-order valence-corrected chi connectivity index (χ4v) is 1.01. The maximum absolute atomic E-state index is 10.8. The van der Waals surface area contributed by atoms with Crippen molar-refractivity contribution in [1.82, 2.24) is 0 Å². The summed E-state index contributed by atoms with van der Waals surface area (Å²) < 4.78 is 9.68. The molecule has 0 saturated heterocycles. The summed E-state index contributed by atoms with van der Waals surface area (Å²) in [5.74, 6) is -5.74. The zero-order chi connectivity index (χ0) is 15.5. The van der Waals surface area contributed by atoms with Crippen LogP contribution >= 0.6 is 0 Å². The lowest BCUT2D eigenvalue weighted by atomic mass is 10.2. The first-order chi connectivity index (χ1) is 8.75. The van der Waals surface area contributed by atoms with Gasteiger partial charge in [0.15, 0.2) is 0 Å². The molecule has 0 aromatic rings. The van der Waals surface area contributed by atoms with Crippen molar-refractivity contribution >= 4 is 17.9 Å². The summed E-state index contributed by atoms with van der Waals surface area (Å²) in [6, 6.07) is 0. The van der Waals surface area contributed by atoms with E-state index >= 15 is 0 Å². The molecule has 5 N–H and O–H groups in total. The third-order valence-corrected chi connectivity index (χ3v) is 1.64. The number of nitrogens with two attached hydrogens (primary N) is 1. The number of rotatable bonds is 8. The Bertz CT molecular complexity index is 298. The molecule has 0 bridgehead atoms. The number of hydrogen-bond donors (Lipinski definition) is 4. The summed E-state index contributed by atoms with van der Waals surface area (Å²) in [7, 11) is 0. The fourth-order valence-electron chi connectivity index (χ4n) is 1.01. The lowest BCUT2D eigenvalue weighted by Crippen LogP contribution is -2.46. The second kappa shape index (κ2) is 10.2. The van der Waals surface area contributed by atoms with Crippen LogP contribution in [-0.2, 0) is 23.9 Å². The highest BCUT2D eigenvalue weighted by molar-refractivity contribution is 5.82. The van der Waals surface area contributed by atoms with Crippen molar-refractivity contribution in [1.29, 1.82) is 0 Å². The highest BCUT2D eigenvalue weighted by atomic mass is 16.7. The summed E-state index contributed by atoms with van der Waals surface area (Å²) in [4.78, 5) is 30.5. The quantitative estimate of drug-likeness (QED) is 0.424. The van der Waals surface area contributed by atoms with Crippen molar-refractivity contribution in [2.45, 2.75) is 26.1 Å². The van der Waals surface area contributed by atoms with E-state index in [1.54, 1.807) is 13.8 Å². The summed E-state index contributed by atoms with van der Waals surface area (Å²) in [5, 5.41) is 24.9. The molecule has 112 valence electrons. The zero-order valence-electron chi connectivity index (χ0n) is 10.8. The molecule has 0 aliphatic carbocycles. The number of carbonyl (C=O) groups is 3. The Morgan fingerprint density at radius 2 is 1.37 bits per heavy atom. The molecule has 0 aromatic carbocycles. The Morgan fingerprint density at radius 1 is 1.00 bits per heavy atom. The van der Waals surface area contributed by atoms with Gasteiger partial charge in [0, 0.05) is 13.2 Å². The number of hydrogen-bond acceptors (Lipinski definition) is 6. The molecule has 0 aliphatic heterocycles. The van der Waals surface area contributed by atoms with Gasteiger partial charge in [0.1, 0.15) is 6.42 Å². The van der Waals surface area contributed by atoms with Crippen LogP contribution in [0.5, 0.6) is 0 Å². The van der Waals surface area contributed by atoms with E-state index in [2.05, 4.69) is 5.73 Å². The van der Waals surface area contributed by atoms with Crippen molar-refractivity contribution in [2.24, 2.45) is 5.73 Å². The van der Waals surface area contributed by atoms with Crippen LogP contribution < -0.4 is 5.73 Å². The molecule has 0 heterocycles. The molecule has 9 nitrogen and oxygen atoms in total.